The van der Waals surface area contributed by atoms with E-state index >= 15 is 0 Å². The molecule has 1 aromatic carbocycles. The highest BCUT2D eigenvalue weighted by Gasteiger charge is 2.16. The van der Waals surface area contributed by atoms with E-state index < -0.39 is 0 Å². The predicted octanol–water partition coefficient (Wildman–Crippen LogP) is 3.71. The lowest BCUT2D eigenvalue weighted by atomic mass is 10.2. The van der Waals surface area contributed by atoms with Gasteiger partial charge in [0.05, 0.1) is 6.04 Å². The molecular formula is C12H13Cl2N3O. The highest BCUT2D eigenvalue weighted by atomic mass is 35.5. The molecule has 1 unspecified atom stereocenters. The molecule has 1 N–H and O–H groups in total. The van der Waals surface area contributed by atoms with Crippen LogP contribution in [0.5, 0.6) is 0 Å². The number of hydrogen-bond acceptors (Lipinski definition) is 4. The fourth-order valence-electron chi connectivity index (χ4n) is 1.67. The van der Waals surface area contributed by atoms with Gasteiger partial charge in [0.1, 0.15) is 0 Å². The van der Waals surface area contributed by atoms with Gasteiger partial charge < -0.3 is 9.73 Å². The largest absolute Gasteiger partial charge is 0.419 e. The average Bonchev–Trinajstić information content (AvgIpc) is 2.79. The summed E-state index contributed by atoms with van der Waals surface area (Å²) in [4.78, 5) is 0. The molecule has 0 amide bonds. The van der Waals surface area contributed by atoms with E-state index in [0.717, 1.165) is 12.0 Å². The Morgan fingerprint density at radius 2 is 1.89 bits per heavy atom. The van der Waals surface area contributed by atoms with Gasteiger partial charge in [-0.25, -0.2) is 0 Å². The highest BCUT2D eigenvalue weighted by molar-refractivity contribution is 6.35. The Morgan fingerprint density at radius 1 is 1.22 bits per heavy atom. The number of nitrogens with zero attached hydrogens (tertiary/aromatic N) is 2. The summed E-state index contributed by atoms with van der Waals surface area (Å²) in [6.07, 6.45) is 0.869. The van der Waals surface area contributed by atoms with Gasteiger partial charge in [0.15, 0.2) is 0 Å². The SMILES string of the molecule is CCC(NC)c1nnc(-c2cc(Cl)cc(Cl)c2)o1. The van der Waals surface area contributed by atoms with Crippen LogP contribution in [0.25, 0.3) is 11.5 Å². The van der Waals surface area contributed by atoms with Gasteiger partial charge in [0.25, 0.3) is 0 Å². The lowest BCUT2D eigenvalue weighted by Crippen LogP contribution is -2.15. The van der Waals surface area contributed by atoms with Gasteiger partial charge in [0.2, 0.25) is 11.8 Å². The van der Waals surface area contributed by atoms with Gasteiger partial charge in [0, 0.05) is 15.6 Å². The minimum Gasteiger partial charge on any atom is -0.419 e. The van der Waals surface area contributed by atoms with Crippen molar-refractivity contribution in [1.82, 2.24) is 15.5 Å². The van der Waals surface area contributed by atoms with Crippen LogP contribution in [-0.2, 0) is 0 Å². The summed E-state index contributed by atoms with van der Waals surface area (Å²) in [5.41, 5.74) is 0.720. The lowest BCUT2D eigenvalue weighted by molar-refractivity contribution is 0.415. The standard InChI is InChI=1S/C12H13Cl2N3O/c1-3-10(15-2)12-17-16-11(18-12)7-4-8(13)6-9(14)5-7/h4-6,10,15H,3H2,1-2H3. The summed E-state index contributed by atoms with van der Waals surface area (Å²) in [5.74, 6) is 0.981. The molecule has 18 heavy (non-hydrogen) atoms. The lowest BCUT2D eigenvalue weighted by Gasteiger charge is -2.07. The maximum atomic E-state index is 5.94. The molecule has 0 saturated carbocycles. The van der Waals surface area contributed by atoms with Gasteiger partial charge in [-0.3, -0.25) is 0 Å². The van der Waals surface area contributed by atoms with E-state index in [-0.39, 0.29) is 6.04 Å². The maximum absolute atomic E-state index is 5.94. The van der Waals surface area contributed by atoms with Crippen molar-refractivity contribution in [2.75, 3.05) is 7.05 Å². The average molecular weight is 286 g/mol. The van der Waals surface area contributed by atoms with Crippen molar-refractivity contribution in [2.24, 2.45) is 0 Å². The fraction of sp³-hybridized carbons (Fsp3) is 0.333. The third kappa shape index (κ3) is 2.83. The summed E-state index contributed by atoms with van der Waals surface area (Å²) >= 11 is 11.9. The Morgan fingerprint density at radius 3 is 2.44 bits per heavy atom. The number of aromatic nitrogens is 2. The molecule has 0 aliphatic heterocycles. The van der Waals surface area contributed by atoms with Crippen molar-refractivity contribution < 1.29 is 4.42 Å². The van der Waals surface area contributed by atoms with E-state index in [1.165, 1.54) is 0 Å². The molecule has 96 valence electrons. The number of benzene rings is 1. The molecule has 1 heterocycles. The molecule has 4 nitrogen and oxygen atoms in total. The summed E-state index contributed by atoms with van der Waals surface area (Å²) in [6, 6.07) is 5.20. The normalized spacial score (nSPS) is 12.7. The first-order chi connectivity index (χ1) is 8.63. The highest BCUT2D eigenvalue weighted by Crippen LogP contribution is 2.27. The third-order valence-electron chi connectivity index (χ3n) is 2.60. The van der Waals surface area contributed by atoms with Crippen LogP contribution in [0.3, 0.4) is 0 Å². The molecule has 0 radical (unpaired) electrons. The summed E-state index contributed by atoms with van der Waals surface area (Å²) in [5, 5.41) is 12.2. The van der Waals surface area contributed by atoms with Crippen molar-refractivity contribution in [3.63, 3.8) is 0 Å². The second-order valence-electron chi connectivity index (χ2n) is 3.85. The topological polar surface area (TPSA) is 51.0 Å². The van der Waals surface area contributed by atoms with E-state index in [1.807, 2.05) is 14.0 Å². The van der Waals surface area contributed by atoms with Crippen molar-refractivity contribution in [3.8, 4) is 11.5 Å². The van der Waals surface area contributed by atoms with Gasteiger partial charge in [-0.1, -0.05) is 30.1 Å². The molecule has 2 rings (SSSR count). The second kappa shape index (κ2) is 5.69. The maximum Gasteiger partial charge on any atom is 0.247 e. The van der Waals surface area contributed by atoms with Crippen LogP contribution in [-0.4, -0.2) is 17.2 Å². The first kappa shape index (κ1) is 13.3. The second-order valence-corrected chi connectivity index (χ2v) is 4.73. The van der Waals surface area contributed by atoms with Crippen LogP contribution in [0.2, 0.25) is 10.0 Å². The molecule has 1 aromatic heterocycles. The van der Waals surface area contributed by atoms with Gasteiger partial charge in [-0.2, -0.15) is 0 Å². The zero-order chi connectivity index (χ0) is 13.1. The van der Waals surface area contributed by atoms with E-state index in [4.69, 9.17) is 27.6 Å². The van der Waals surface area contributed by atoms with E-state index in [0.29, 0.717) is 21.8 Å². The molecule has 0 aliphatic carbocycles. The Bertz CT molecular complexity index is 518. The van der Waals surface area contributed by atoms with Crippen molar-refractivity contribution in [2.45, 2.75) is 19.4 Å². The molecular weight excluding hydrogens is 273 g/mol. The first-order valence-electron chi connectivity index (χ1n) is 5.61. The van der Waals surface area contributed by atoms with Crippen LogP contribution >= 0.6 is 23.2 Å². The Hall–Kier alpha value is -1.10. The molecule has 0 aliphatic rings. The summed E-state index contributed by atoms with van der Waals surface area (Å²) < 4.78 is 5.62. The molecule has 0 saturated heterocycles. The molecule has 2 aromatic rings. The minimum atomic E-state index is 0.0564. The molecule has 0 spiro atoms. The number of halogens is 2. The Labute approximate surface area is 115 Å². The smallest absolute Gasteiger partial charge is 0.247 e. The van der Waals surface area contributed by atoms with Crippen molar-refractivity contribution >= 4 is 23.2 Å². The Kier molecular flexibility index (Phi) is 4.22. The summed E-state index contributed by atoms with van der Waals surface area (Å²) in [6.45, 7) is 2.04. The minimum absolute atomic E-state index is 0.0564. The molecule has 6 heteroatoms. The van der Waals surface area contributed by atoms with Crippen LogP contribution < -0.4 is 5.32 Å². The molecule has 1 atom stereocenters. The van der Waals surface area contributed by atoms with E-state index in [2.05, 4.69) is 15.5 Å². The van der Waals surface area contributed by atoms with E-state index in [9.17, 15) is 0 Å². The Balaban J connectivity index is 2.34. The van der Waals surface area contributed by atoms with Gasteiger partial charge in [-0.05, 0) is 31.7 Å². The fourth-order valence-corrected chi connectivity index (χ4v) is 2.20. The van der Waals surface area contributed by atoms with Crippen molar-refractivity contribution in [1.29, 1.82) is 0 Å². The number of nitrogens with one attached hydrogen (secondary N) is 1. The molecule has 0 bridgehead atoms. The van der Waals surface area contributed by atoms with Crippen molar-refractivity contribution in [3.05, 3.63) is 34.1 Å². The summed E-state index contributed by atoms with van der Waals surface area (Å²) in [7, 11) is 1.86. The number of hydrogen-bond donors (Lipinski definition) is 1. The third-order valence-corrected chi connectivity index (χ3v) is 3.04. The quantitative estimate of drug-likeness (QED) is 0.930. The predicted molar refractivity (Wildman–Crippen MR) is 71.8 cm³/mol. The first-order valence-corrected chi connectivity index (χ1v) is 6.36. The zero-order valence-electron chi connectivity index (χ0n) is 10.1. The van der Waals surface area contributed by atoms with Gasteiger partial charge in [-0.15, -0.1) is 10.2 Å². The van der Waals surface area contributed by atoms with Gasteiger partial charge >= 0.3 is 0 Å². The number of rotatable bonds is 4. The van der Waals surface area contributed by atoms with E-state index in [1.54, 1.807) is 18.2 Å². The van der Waals surface area contributed by atoms with Crippen LogP contribution in [0, 0.1) is 0 Å². The monoisotopic (exact) mass is 285 g/mol. The van der Waals surface area contributed by atoms with Crippen LogP contribution in [0.1, 0.15) is 25.3 Å². The van der Waals surface area contributed by atoms with Crippen LogP contribution in [0.15, 0.2) is 22.6 Å². The van der Waals surface area contributed by atoms with Crippen LogP contribution in [0.4, 0.5) is 0 Å². The molecule has 0 fully saturated rings. The zero-order valence-corrected chi connectivity index (χ0v) is 11.6.